The zero-order valence-electron chi connectivity index (χ0n) is 32.9. The summed E-state index contributed by atoms with van der Waals surface area (Å²) in [6.45, 7) is 9.60. The number of rotatable bonds is 14. The quantitative estimate of drug-likeness (QED) is 0.140. The van der Waals surface area contributed by atoms with E-state index < -0.39 is 79.4 Å². The molecule has 56 heavy (non-hydrogen) atoms. The van der Waals surface area contributed by atoms with Crippen LogP contribution in [0.5, 0.6) is 0 Å². The lowest BCUT2D eigenvalue weighted by molar-refractivity contribution is -0.143. The maximum atomic E-state index is 14.5. The number of alkyl halides is 1. The van der Waals surface area contributed by atoms with Crippen LogP contribution in [-0.4, -0.2) is 98.5 Å². The van der Waals surface area contributed by atoms with Gasteiger partial charge in [0.2, 0.25) is 11.8 Å². The van der Waals surface area contributed by atoms with Crippen LogP contribution in [0.15, 0.2) is 30.9 Å². The Hall–Kier alpha value is -4.21. The van der Waals surface area contributed by atoms with Crippen molar-refractivity contribution in [1.82, 2.24) is 20.6 Å². The van der Waals surface area contributed by atoms with Crippen LogP contribution in [0.2, 0.25) is 0 Å². The fourth-order valence-electron chi connectivity index (χ4n) is 7.69. The van der Waals surface area contributed by atoms with Crippen LogP contribution < -0.4 is 25.9 Å². The molecule has 18 heteroatoms. The molecule has 4 fully saturated rings. The molecule has 5 amide bonds. The van der Waals surface area contributed by atoms with Crippen LogP contribution in [0.25, 0.3) is 0 Å². The molecule has 4 N–H and O–H groups in total. The minimum atomic E-state index is -4.05. The molecule has 2 aliphatic carbocycles. The summed E-state index contributed by atoms with van der Waals surface area (Å²) < 4.78 is 47.7. The Morgan fingerprint density at radius 1 is 1.00 bits per heavy atom. The van der Waals surface area contributed by atoms with Crippen LogP contribution in [0, 0.1) is 11.3 Å². The summed E-state index contributed by atoms with van der Waals surface area (Å²) in [5.74, 6) is -2.78. The first-order valence-corrected chi connectivity index (χ1v) is 20.8. The second-order valence-electron chi connectivity index (χ2n) is 16.0. The lowest BCUT2D eigenvalue weighted by atomic mass is 9.85. The normalized spacial score (nSPS) is 24.5. The van der Waals surface area contributed by atoms with Crippen molar-refractivity contribution in [2.45, 2.75) is 115 Å². The van der Waals surface area contributed by atoms with E-state index in [1.807, 2.05) is 0 Å². The number of carbonyl (C=O) groups is 5. The van der Waals surface area contributed by atoms with Crippen molar-refractivity contribution in [2.75, 3.05) is 44.1 Å². The number of carbonyl (C=O) groups excluding carboxylic acids is 5. The van der Waals surface area contributed by atoms with E-state index in [4.69, 9.17) is 18.5 Å². The first-order valence-electron chi connectivity index (χ1n) is 19.2. The third-order valence-corrected chi connectivity index (χ3v) is 12.4. The number of nitrogens with zero attached hydrogens (tertiary/aromatic N) is 2. The fourth-order valence-corrected chi connectivity index (χ4v) is 8.47. The molecular weight excluding hydrogens is 750 g/mol. The van der Waals surface area contributed by atoms with E-state index in [2.05, 4.69) is 32.5 Å². The van der Waals surface area contributed by atoms with Gasteiger partial charge < -0.3 is 29.9 Å². The number of amides is 5. The third kappa shape index (κ3) is 10.0. The Kier molecular flexibility index (Phi) is 13.7. The number of ether oxygens (including phenoxy) is 2. The zero-order chi connectivity index (χ0) is 40.8. The maximum Gasteiger partial charge on any atom is 0.434 e. The van der Waals surface area contributed by atoms with Crippen molar-refractivity contribution in [3.63, 3.8) is 0 Å². The van der Waals surface area contributed by atoms with Crippen molar-refractivity contribution in [3.8, 4) is 0 Å². The summed E-state index contributed by atoms with van der Waals surface area (Å²) >= 11 is 0. The van der Waals surface area contributed by atoms with Crippen LogP contribution in [-0.2, 0) is 44.1 Å². The Labute approximate surface area is 327 Å². The molecule has 1 aromatic carbocycles. The summed E-state index contributed by atoms with van der Waals surface area (Å²) in [5.41, 5.74) is -0.991. The molecule has 0 bridgehead atoms. The van der Waals surface area contributed by atoms with E-state index in [-0.39, 0.29) is 25.5 Å². The smallest absolute Gasteiger partial charge is 0.434 e. The van der Waals surface area contributed by atoms with Gasteiger partial charge in [-0.2, -0.15) is 0 Å². The van der Waals surface area contributed by atoms with Gasteiger partial charge in [0.05, 0.1) is 17.9 Å². The van der Waals surface area contributed by atoms with E-state index in [1.165, 1.54) is 11.0 Å². The number of benzene rings is 1. The van der Waals surface area contributed by atoms with E-state index in [0.29, 0.717) is 11.3 Å². The topological polar surface area (TPSA) is 194 Å². The van der Waals surface area contributed by atoms with Gasteiger partial charge in [-0.3, -0.25) is 33.8 Å². The number of alkyl carbamates (subject to hydrolysis) is 1. The molecule has 2 saturated carbocycles. The second kappa shape index (κ2) is 17.9. The van der Waals surface area contributed by atoms with Crippen molar-refractivity contribution in [2.24, 2.45) is 11.3 Å². The van der Waals surface area contributed by atoms with Gasteiger partial charge in [0.15, 0.2) is 0 Å². The zero-order valence-corrected chi connectivity index (χ0v) is 33.8. The molecule has 0 radical (unpaired) electrons. The standard InChI is InChI=1S/C38H56FN6O10P/c1-7-25-21-38(25,34(48)43-56(51,52-5)53-6)42-32(46)30-20-27(23-45(30)33(47)31(37(2,3)4)41-36(50)54-26-13-9-10-14-26)55-35(49)40-28-19-24(22-39)15-16-29(28)44-17-11-8-12-18-44/h7,15-16,19,25-27,30-31H,1,8-14,17-18,20-23H2,2-6H3,(H,40,49)(H,41,50)(H,42,46)(H,43,48,51)/t25-,27-,30+,31-,38-/m1/s1. The highest BCUT2D eigenvalue weighted by Crippen LogP contribution is 2.49. The summed E-state index contributed by atoms with van der Waals surface area (Å²) in [5, 5.41) is 10.4. The van der Waals surface area contributed by atoms with Gasteiger partial charge in [-0.25, -0.2) is 18.5 Å². The Bertz CT molecular complexity index is 1690. The SMILES string of the molecule is C=C[C@@H]1C[C@]1(NC(=O)[C@@H]1C[C@@H](OC(=O)Nc2cc(CF)ccc2N2CCCCC2)CN1C(=O)[C@@H](NC(=O)OC1CCCC1)C(C)(C)C)C(=O)NP(=O)(OC)OC. The van der Waals surface area contributed by atoms with Crippen molar-refractivity contribution in [1.29, 1.82) is 0 Å². The van der Waals surface area contributed by atoms with Gasteiger partial charge in [-0.05, 0) is 74.5 Å². The summed E-state index contributed by atoms with van der Waals surface area (Å²) in [7, 11) is -1.85. The van der Waals surface area contributed by atoms with E-state index in [9.17, 15) is 32.9 Å². The molecule has 2 aliphatic heterocycles. The van der Waals surface area contributed by atoms with Crippen molar-refractivity contribution in [3.05, 3.63) is 36.4 Å². The Morgan fingerprint density at radius 2 is 1.66 bits per heavy atom. The number of halogens is 1. The van der Waals surface area contributed by atoms with Crippen molar-refractivity contribution >= 4 is 49.0 Å². The van der Waals surface area contributed by atoms with Gasteiger partial charge in [0, 0.05) is 39.6 Å². The third-order valence-electron chi connectivity index (χ3n) is 11.0. The highest BCUT2D eigenvalue weighted by Gasteiger charge is 2.62. The van der Waals surface area contributed by atoms with Gasteiger partial charge in [0.1, 0.15) is 36.5 Å². The Morgan fingerprint density at radius 3 is 2.25 bits per heavy atom. The second-order valence-corrected chi connectivity index (χ2v) is 17.9. The number of nitrogens with one attached hydrogen (secondary N) is 4. The molecule has 0 aromatic heterocycles. The minimum Gasteiger partial charge on any atom is -0.446 e. The van der Waals surface area contributed by atoms with Gasteiger partial charge >= 0.3 is 19.9 Å². The molecule has 0 spiro atoms. The van der Waals surface area contributed by atoms with Crippen LogP contribution >= 0.6 is 7.75 Å². The largest absolute Gasteiger partial charge is 0.446 e. The summed E-state index contributed by atoms with van der Waals surface area (Å²) in [6, 6.07) is 2.55. The molecule has 16 nitrogen and oxygen atoms in total. The summed E-state index contributed by atoms with van der Waals surface area (Å²) in [4.78, 5) is 72.2. The monoisotopic (exact) mass is 806 g/mol. The van der Waals surface area contributed by atoms with E-state index >= 15 is 0 Å². The maximum absolute atomic E-state index is 14.5. The van der Waals surface area contributed by atoms with Gasteiger partial charge in [0.25, 0.3) is 5.91 Å². The molecule has 0 unspecified atom stereocenters. The van der Waals surface area contributed by atoms with Crippen LogP contribution in [0.3, 0.4) is 0 Å². The highest BCUT2D eigenvalue weighted by atomic mass is 31.2. The fraction of sp³-hybridized carbons (Fsp3) is 0.658. The number of piperidine rings is 1. The van der Waals surface area contributed by atoms with Crippen LogP contribution in [0.4, 0.5) is 25.4 Å². The predicted octanol–water partition coefficient (Wildman–Crippen LogP) is 5.33. The van der Waals surface area contributed by atoms with E-state index in [1.54, 1.807) is 39.0 Å². The lowest BCUT2D eigenvalue weighted by Gasteiger charge is -2.35. The molecule has 2 heterocycles. The first-order chi connectivity index (χ1) is 26.6. The van der Waals surface area contributed by atoms with E-state index in [0.717, 1.165) is 77.9 Å². The minimum absolute atomic E-state index is 0.112. The first kappa shape index (κ1) is 42.9. The Balaban J connectivity index is 1.39. The number of anilines is 2. The molecule has 1 aromatic rings. The van der Waals surface area contributed by atoms with Gasteiger partial charge in [-0.1, -0.05) is 32.9 Å². The molecule has 4 aliphatic rings. The average Bonchev–Trinajstić information content (AvgIpc) is 3.43. The van der Waals surface area contributed by atoms with Gasteiger partial charge in [-0.15, -0.1) is 6.58 Å². The lowest BCUT2D eigenvalue weighted by Crippen LogP contribution is -2.59. The molecule has 5 atom stereocenters. The number of hydrogen-bond acceptors (Lipinski definition) is 11. The molecule has 2 saturated heterocycles. The average molecular weight is 807 g/mol. The number of hydrogen-bond donors (Lipinski definition) is 4. The predicted molar refractivity (Wildman–Crippen MR) is 205 cm³/mol. The summed E-state index contributed by atoms with van der Waals surface area (Å²) in [6.07, 6.45) is 4.86. The molecular formula is C38H56FN6O10P. The molecule has 310 valence electrons. The van der Waals surface area contributed by atoms with Crippen molar-refractivity contribution < 1.29 is 51.4 Å². The molecule has 5 rings (SSSR count). The number of likely N-dealkylation sites (tertiary alicyclic amines) is 1. The highest BCUT2D eigenvalue weighted by molar-refractivity contribution is 7.52. The van der Waals surface area contributed by atoms with Crippen LogP contribution in [0.1, 0.15) is 84.1 Å².